The summed E-state index contributed by atoms with van der Waals surface area (Å²) in [4.78, 5) is 14.9. The number of nitrogens with one attached hydrogen (secondary N) is 2. The molecule has 2 amide bonds. The number of nitrogens with two attached hydrogens (primary N) is 1. The summed E-state index contributed by atoms with van der Waals surface area (Å²) in [5.41, 5.74) is 9.34. The number of urea groups is 1. The van der Waals surface area contributed by atoms with Gasteiger partial charge in [0.2, 0.25) is 0 Å². The molecule has 5 heteroatoms. The zero-order valence-corrected chi connectivity index (χ0v) is 12.3. The molecule has 0 bridgehead atoms. The van der Waals surface area contributed by atoms with Crippen molar-refractivity contribution in [3.8, 4) is 0 Å². The Morgan fingerprint density at radius 2 is 2.00 bits per heavy atom. The molecule has 21 heavy (non-hydrogen) atoms. The molecular formula is C16H20N4O. The molecule has 0 radical (unpaired) electrons. The molecule has 1 aromatic heterocycles. The lowest BCUT2D eigenvalue weighted by Gasteiger charge is -2.15. The lowest BCUT2D eigenvalue weighted by atomic mass is 10.1. The zero-order chi connectivity index (χ0) is 15.2. The Bertz CT molecular complexity index is 610. The Kier molecular flexibility index (Phi) is 4.90. The van der Waals surface area contributed by atoms with Crippen molar-refractivity contribution in [1.82, 2.24) is 10.3 Å². The number of carbonyl (C=O) groups excluding carboxylic acids is 1. The number of benzene rings is 1. The monoisotopic (exact) mass is 284 g/mol. The van der Waals surface area contributed by atoms with Gasteiger partial charge in [-0.3, -0.25) is 4.98 Å². The van der Waals surface area contributed by atoms with Gasteiger partial charge >= 0.3 is 6.03 Å². The number of hydrogen-bond donors (Lipinski definition) is 3. The van der Waals surface area contributed by atoms with Crippen molar-refractivity contribution in [1.29, 1.82) is 0 Å². The van der Waals surface area contributed by atoms with Gasteiger partial charge in [-0.15, -0.1) is 0 Å². The SMILES string of the molecule is Cc1ccncc1CNC(C)c1ccc(NC(N)=O)cc1. The summed E-state index contributed by atoms with van der Waals surface area (Å²) in [6, 6.07) is 9.28. The van der Waals surface area contributed by atoms with Crippen LogP contribution in [0.15, 0.2) is 42.7 Å². The Labute approximate surface area is 124 Å². The quantitative estimate of drug-likeness (QED) is 0.789. The maximum atomic E-state index is 10.8. The van der Waals surface area contributed by atoms with Gasteiger partial charge in [-0.2, -0.15) is 0 Å². The van der Waals surface area contributed by atoms with Crippen LogP contribution in [-0.2, 0) is 6.54 Å². The number of pyridine rings is 1. The fourth-order valence-electron chi connectivity index (χ4n) is 2.06. The first-order valence-electron chi connectivity index (χ1n) is 6.85. The van der Waals surface area contributed by atoms with Crippen LogP contribution in [-0.4, -0.2) is 11.0 Å². The van der Waals surface area contributed by atoms with E-state index in [1.54, 1.807) is 6.20 Å². The van der Waals surface area contributed by atoms with E-state index in [-0.39, 0.29) is 6.04 Å². The van der Waals surface area contributed by atoms with E-state index in [4.69, 9.17) is 5.73 Å². The maximum Gasteiger partial charge on any atom is 0.316 e. The minimum atomic E-state index is -0.555. The van der Waals surface area contributed by atoms with Crippen LogP contribution in [0.4, 0.5) is 10.5 Å². The third-order valence-electron chi connectivity index (χ3n) is 3.42. The van der Waals surface area contributed by atoms with Crippen molar-refractivity contribution in [2.75, 3.05) is 5.32 Å². The first kappa shape index (κ1) is 15.0. The highest BCUT2D eigenvalue weighted by Gasteiger charge is 2.06. The minimum Gasteiger partial charge on any atom is -0.351 e. The normalized spacial score (nSPS) is 11.9. The molecular weight excluding hydrogens is 264 g/mol. The standard InChI is InChI=1S/C16H20N4O/c1-11-7-8-18-9-14(11)10-19-12(2)13-3-5-15(6-4-13)20-16(17)21/h3-9,12,19H,10H2,1-2H3,(H3,17,20,21). The number of carbonyl (C=O) groups is 1. The molecule has 1 atom stereocenters. The van der Waals surface area contributed by atoms with E-state index in [9.17, 15) is 4.79 Å². The molecule has 2 aromatic rings. The number of nitrogens with zero attached hydrogens (tertiary/aromatic N) is 1. The van der Waals surface area contributed by atoms with Crippen molar-refractivity contribution in [3.05, 3.63) is 59.4 Å². The summed E-state index contributed by atoms with van der Waals surface area (Å²) in [6.45, 7) is 4.94. The highest BCUT2D eigenvalue weighted by atomic mass is 16.2. The third-order valence-corrected chi connectivity index (χ3v) is 3.42. The summed E-state index contributed by atoms with van der Waals surface area (Å²) in [5, 5.41) is 6.01. The van der Waals surface area contributed by atoms with E-state index < -0.39 is 6.03 Å². The predicted molar refractivity (Wildman–Crippen MR) is 83.9 cm³/mol. The van der Waals surface area contributed by atoms with Gasteiger partial charge in [0.1, 0.15) is 0 Å². The van der Waals surface area contributed by atoms with Crippen LogP contribution in [0.2, 0.25) is 0 Å². The molecule has 2 rings (SSSR count). The number of hydrogen-bond acceptors (Lipinski definition) is 3. The van der Waals surface area contributed by atoms with Crippen LogP contribution >= 0.6 is 0 Å². The maximum absolute atomic E-state index is 10.8. The number of aryl methyl sites for hydroxylation is 1. The van der Waals surface area contributed by atoms with Crippen molar-refractivity contribution < 1.29 is 4.79 Å². The van der Waals surface area contributed by atoms with Gasteiger partial charge in [0.15, 0.2) is 0 Å². The molecule has 1 unspecified atom stereocenters. The smallest absolute Gasteiger partial charge is 0.316 e. The summed E-state index contributed by atoms with van der Waals surface area (Å²) in [5.74, 6) is 0. The fourth-order valence-corrected chi connectivity index (χ4v) is 2.06. The number of primary amides is 1. The van der Waals surface area contributed by atoms with E-state index >= 15 is 0 Å². The zero-order valence-electron chi connectivity index (χ0n) is 12.3. The molecule has 0 saturated heterocycles. The highest BCUT2D eigenvalue weighted by molar-refractivity contribution is 5.87. The summed E-state index contributed by atoms with van der Waals surface area (Å²) < 4.78 is 0. The van der Waals surface area contributed by atoms with Crippen molar-refractivity contribution in [3.63, 3.8) is 0 Å². The predicted octanol–water partition coefficient (Wildman–Crippen LogP) is 2.73. The first-order valence-corrected chi connectivity index (χ1v) is 6.85. The Balaban J connectivity index is 1.95. The van der Waals surface area contributed by atoms with E-state index in [2.05, 4.69) is 29.5 Å². The van der Waals surface area contributed by atoms with E-state index in [0.29, 0.717) is 5.69 Å². The largest absolute Gasteiger partial charge is 0.351 e. The molecule has 0 fully saturated rings. The second-order valence-electron chi connectivity index (χ2n) is 5.02. The second-order valence-corrected chi connectivity index (χ2v) is 5.02. The molecule has 0 aliphatic heterocycles. The van der Waals surface area contributed by atoms with Crippen LogP contribution in [0.5, 0.6) is 0 Å². The average molecular weight is 284 g/mol. The summed E-state index contributed by atoms with van der Waals surface area (Å²) in [6.07, 6.45) is 3.68. The number of rotatable bonds is 5. The molecule has 0 spiro atoms. The van der Waals surface area contributed by atoms with Crippen LogP contribution in [0.25, 0.3) is 0 Å². The van der Waals surface area contributed by atoms with Crippen LogP contribution in [0.1, 0.15) is 29.7 Å². The van der Waals surface area contributed by atoms with Gasteiger partial charge in [0.25, 0.3) is 0 Å². The fraction of sp³-hybridized carbons (Fsp3) is 0.250. The Morgan fingerprint density at radius 1 is 1.29 bits per heavy atom. The summed E-state index contributed by atoms with van der Waals surface area (Å²) >= 11 is 0. The Hall–Kier alpha value is -2.40. The molecule has 0 aliphatic rings. The number of anilines is 1. The van der Waals surface area contributed by atoms with Gasteiger partial charge in [-0.1, -0.05) is 12.1 Å². The molecule has 1 heterocycles. The molecule has 110 valence electrons. The van der Waals surface area contributed by atoms with E-state index in [1.165, 1.54) is 11.1 Å². The Morgan fingerprint density at radius 3 is 2.62 bits per heavy atom. The average Bonchev–Trinajstić information content (AvgIpc) is 2.46. The summed E-state index contributed by atoms with van der Waals surface area (Å²) in [7, 11) is 0. The third kappa shape index (κ3) is 4.29. The van der Waals surface area contributed by atoms with Gasteiger partial charge in [0.05, 0.1) is 0 Å². The van der Waals surface area contributed by atoms with Gasteiger partial charge in [-0.05, 0) is 48.7 Å². The molecule has 4 N–H and O–H groups in total. The lowest BCUT2D eigenvalue weighted by molar-refractivity contribution is 0.259. The van der Waals surface area contributed by atoms with Gasteiger partial charge < -0.3 is 16.4 Å². The van der Waals surface area contributed by atoms with Crippen molar-refractivity contribution >= 4 is 11.7 Å². The van der Waals surface area contributed by atoms with E-state index in [0.717, 1.165) is 12.1 Å². The van der Waals surface area contributed by atoms with Crippen molar-refractivity contribution in [2.45, 2.75) is 26.4 Å². The molecule has 0 aliphatic carbocycles. The van der Waals surface area contributed by atoms with Crippen LogP contribution in [0, 0.1) is 6.92 Å². The number of aromatic nitrogens is 1. The van der Waals surface area contributed by atoms with E-state index in [1.807, 2.05) is 36.5 Å². The lowest BCUT2D eigenvalue weighted by Crippen LogP contribution is -2.20. The molecule has 1 aromatic carbocycles. The van der Waals surface area contributed by atoms with Crippen LogP contribution < -0.4 is 16.4 Å². The van der Waals surface area contributed by atoms with Crippen LogP contribution in [0.3, 0.4) is 0 Å². The second kappa shape index (κ2) is 6.85. The highest BCUT2D eigenvalue weighted by Crippen LogP contribution is 2.17. The topological polar surface area (TPSA) is 80.0 Å². The van der Waals surface area contributed by atoms with Crippen molar-refractivity contribution in [2.24, 2.45) is 5.73 Å². The van der Waals surface area contributed by atoms with Gasteiger partial charge in [-0.25, -0.2) is 4.79 Å². The minimum absolute atomic E-state index is 0.201. The molecule has 5 nitrogen and oxygen atoms in total. The first-order chi connectivity index (χ1) is 10.1. The number of amides is 2. The van der Waals surface area contributed by atoms with Gasteiger partial charge in [0, 0.05) is 30.7 Å². The molecule has 0 saturated carbocycles.